The molecule has 1 N–H and O–H groups in total. The Morgan fingerprint density at radius 1 is 1.45 bits per heavy atom. The van der Waals surface area contributed by atoms with Crippen LogP contribution in [0.3, 0.4) is 0 Å². The van der Waals surface area contributed by atoms with E-state index >= 15 is 0 Å². The monoisotopic (exact) mass is 276 g/mol. The lowest BCUT2D eigenvalue weighted by Crippen LogP contribution is -2.32. The van der Waals surface area contributed by atoms with Gasteiger partial charge in [0, 0.05) is 6.20 Å². The maximum Gasteiger partial charge on any atom is 0.141 e. The van der Waals surface area contributed by atoms with Crippen molar-refractivity contribution >= 4 is 0 Å². The molecule has 1 aromatic rings. The Bertz CT molecular complexity index is 408. The molecule has 0 spiro atoms. The van der Waals surface area contributed by atoms with Crippen LogP contribution in [0.15, 0.2) is 18.3 Å². The van der Waals surface area contributed by atoms with Gasteiger partial charge in [-0.25, -0.2) is 0 Å². The standard InChI is InChI=1S/C17H28N2O/c1-4-10-18-16(14-8-5-7-13(2)12-14)17-15(20-3)9-6-11-19-17/h6,9,11,13-14,16,18H,4-5,7-8,10,12H2,1-3H3. The summed E-state index contributed by atoms with van der Waals surface area (Å²) in [6, 6.07) is 4.30. The van der Waals surface area contributed by atoms with Crippen LogP contribution in [0.2, 0.25) is 0 Å². The predicted molar refractivity (Wildman–Crippen MR) is 82.9 cm³/mol. The molecule has 3 heteroatoms. The van der Waals surface area contributed by atoms with Crippen LogP contribution in [-0.2, 0) is 0 Å². The molecule has 0 radical (unpaired) electrons. The van der Waals surface area contributed by atoms with Gasteiger partial charge in [0.15, 0.2) is 0 Å². The fraction of sp³-hybridized carbons (Fsp3) is 0.706. The van der Waals surface area contributed by atoms with Crippen molar-refractivity contribution in [3.8, 4) is 5.75 Å². The summed E-state index contributed by atoms with van der Waals surface area (Å²) in [6.45, 7) is 5.62. The Morgan fingerprint density at radius 2 is 2.30 bits per heavy atom. The fourth-order valence-corrected chi connectivity index (χ4v) is 3.38. The Kier molecular flexibility index (Phi) is 5.84. The first-order valence-electron chi connectivity index (χ1n) is 7.98. The third kappa shape index (κ3) is 3.72. The van der Waals surface area contributed by atoms with E-state index in [1.807, 2.05) is 18.3 Å². The SMILES string of the molecule is CCCNC(c1ncccc1OC)C1CCCC(C)C1. The van der Waals surface area contributed by atoms with Gasteiger partial charge in [-0.15, -0.1) is 0 Å². The van der Waals surface area contributed by atoms with Gasteiger partial charge in [0.1, 0.15) is 5.75 Å². The molecule has 0 saturated heterocycles. The molecule has 1 aliphatic carbocycles. The van der Waals surface area contributed by atoms with Gasteiger partial charge in [0.25, 0.3) is 0 Å². The van der Waals surface area contributed by atoms with Crippen molar-refractivity contribution in [2.24, 2.45) is 11.8 Å². The molecule has 1 aliphatic rings. The minimum Gasteiger partial charge on any atom is -0.495 e. The van der Waals surface area contributed by atoms with Crippen LogP contribution in [0.5, 0.6) is 5.75 Å². The predicted octanol–water partition coefficient (Wildman–Crippen LogP) is 3.96. The van der Waals surface area contributed by atoms with Crippen molar-refractivity contribution in [1.82, 2.24) is 10.3 Å². The smallest absolute Gasteiger partial charge is 0.141 e. The number of aromatic nitrogens is 1. The highest BCUT2D eigenvalue weighted by Gasteiger charge is 2.30. The molecule has 0 bridgehead atoms. The third-order valence-corrected chi connectivity index (χ3v) is 4.38. The second-order valence-electron chi connectivity index (χ2n) is 6.05. The molecule has 1 saturated carbocycles. The number of methoxy groups -OCH3 is 1. The first-order chi connectivity index (χ1) is 9.76. The minimum atomic E-state index is 0.328. The Balaban J connectivity index is 2.21. The van der Waals surface area contributed by atoms with E-state index in [1.165, 1.54) is 25.7 Å². The summed E-state index contributed by atoms with van der Waals surface area (Å²) in [7, 11) is 1.74. The molecule has 3 atom stereocenters. The summed E-state index contributed by atoms with van der Waals surface area (Å²) < 4.78 is 5.52. The van der Waals surface area contributed by atoms with Crippen molar-refractivity contribution in [3.05, 3.63) is 24.0 Å². The second-order valence-corrected chi connectivity index (χ2v) is 6.05. The largest absolute Gasteiger partial charge is 0.495 e. The van der Waals surface area contributed by atoms with Crippen LogP contribution >= 0.6 is 0 Å². The zero-order valence-electron chi connectivity index (χ0n) is 13.1. The van der Waals surface area contributed by atoms with Crippen LogP contribution in [0.1, 0.15) is 57.7 Å². The van der Waals surface area contributed by atoms with Crippen LogP contribution in [0.4, 0.5) is 0 Å². The molecule has 0 aliphatic heterocycles. The highest BCUT2D eigenvalue weighted by Crippen LogP contribution is 2.38. The molecular weight excluding hydrogens is 248 g/mol. The minimum absolute atomic E-state index is 0.328. The molecule has 112 valence electrons. The van der Waals surface area contributed by atoms with Crippen LogP contribution in [-0.4, -0.2) is 18.6 Å². The Morgan fingerprint density at radius 3 is 3.00 bits per heavy atom. The summed E-state index contributed by atoms with van der Waals surface area (Å²) in [5.74, 6) is 2.42. The summed E-state index contributed by atoms with van der Waals surface area (Å²) in [5, 5.41) is 3.71. The zero-order chi connectivity index (χ0) is 14.4. The lowest BCUT2D eigenvalue weighted by Gasteiger charge is -2.34. The van der Waals surface area contributed by atoms with E-state index in [4.69, 9.17) is 4.74 Å². The quantitative estimate of drug-likeness (QED) is 0.854. The zero-order valence-corrected chi connectivity index (χ0v) is 13.1. The van der Waals surface area contributed by atoms with Gasteiger partial charge < -0.3 is 10.1 Å². The van der Waals surface area contributed by atoms with Crippen LogP contribution < -0.4 is 10.1 Å². The number of hydrogen-bond acceptors (Lipinski definition) is 3. The van der Waals surface area contributed by atoms with Crippen LogP contribution in [0, 0.1) is 11.8 Å². The van der Waals surface area contributed by atoms with E-state index < -0.39 is 0 Å². The van der Waals surface area contributed by atoms with Gasteiger partial charge in [0.2, 0.25) is 0 Å². The summed E-state index contributed by atoms with van der Waals surface area (Å²) >= 11 is 0. The molecule has 3 unspecified atom stereocenters. The van der Waals surface area contributed by atoms with Gasteiger partial charge in [-0.1, -0.05) is 26.7 Å². The highest BCUT2D eigenvalue weighted by molar-refractivity contribution is 5.30. The van der Waals surface area contributed by atoms with Crippen molar-refractivity contribution in [3.63, 3.8) is 0 Å². The van der Waals surface area contributed by atoms with E-state index in [9.17, 15) is 0 Å². The van der Waals surface area contributed by atoms with Gasteiger partial charge in [0.05, 0.1) is 18.8 Å². The summed E-state index contributed by atoms with van der Waals surface area (Å²) in [6.07, 6.45) is 8.33. The maximum absolute atomic E-state index is 5.52. The first-order valence-corrected chi connectivity index (χ1v) is 7.98. The van der Waals surface area contributed by atoms with Crippen molar-refractivity contribution in [1.29, 1.82) is 0 Å². The molecule has 0 aromatic carbocycles. The van der Waals surface area contributed by atoms with Gasteiger partial charge >= 0.3 is 0 Å². The second kappa shape index (κ2) is 7.63. The van der Waals surface area contributed by atoms with Gasteiger partial charge in [-0.05, 0) is 49.8 Å². The fourth-order valence-electron chi connectivity index (χ4n) is 3.38. The average molecular weight is 276 g/mol. The molecule has 3 nitrogen and oxygen atoms in total. The first kappa shape index (κ1) is 15.3. The summed E-state index contributed by atoms with van der Waals surface area (Å²) in [4.78, 5) is 4.62. The number of nitrogens with one attached hydrogen (secondary N) is 1. The lowest BCUT2D eigenvalue weighted by molar-refractivity contribution is 0.217. The highest BCUT2D eigenvalue weighted by atomic mass is 16.5. The average Bonchev–Trinajstić information content (AvgIpc) is 2.48. The maximum atomic E-state index is 5.52. The number of nitrogens with zero attached hydrogens (tertiary/aromatic N) is 1. The molecule has 1 aromatic heterocycles. The van der Waals surface area contributed by atoms with E-state index in [-0.39, 0.29) is 0 Å². The van der Waals surface area contributed by atoms with E-state index in [1.54, 1.807) is 7.11 Å². The molecule has 2 rings (SSSR count). The number of ether oxygens (including phenoxy) is 1. The molecular formula is C17H28N2O. The van der Waals surface area contributed by atoms with Crippen molar-refractivity contribution < 1.29 is 4.74 Å². The van der Waals surface area contributed by atoms with Crippen LogP contribution in [0.25, 0.3) is 0 Å². The molecule has 20 heavy (non-hydrogen) atoms. The summed E-state index contributed by atoms with van der Waals surface area (Å²) in [5.41, 5.74) is 1.09. The van der Waals surface area contributed by atoms with E-state index in [0.29, 0.717) is 12.0 Å². The van der Waals surface area contributed by atoms with Gasteiger partial charge in [-0.2, -0.15) is 0 Å². The van der Waals surface area contributed by atoms with Gasteiger partial charge in [-0.3, -0.25) is 4.98 Å². The van der Waals surface area contributed by atoms with Crippen molar-refractivity contribution in [2.75, 3.05) is 13.7 Å². The molecule has 1 fully saturated rings. The molecule has 1 heterocycles. The lowest BCUT2D eigenvalue weighted by atomic mass is 9.77. The topological polar surface area (TPSA) is 34.2 Å². The normalized spacial score (nSPS) is 24.4. The van der Waals surface area contributed by atoms with Crippen molar-refractivity contribution in [2.45, 2.75) is 52.0 Å². The van der Waals surface area contributed by atoms with E-state index in [0.717, 1.165) is 30.3 Å². The third-order valence-electron chi connectivity index (χ3n) is 4.38. The van der Waals surface area contributed by atoms with E-state index in [2.05, 4.69) is 24.1 Å². The number of rotatable bonds is 6. The Hall–Kier alpha value is -1.09. The number of hydrogen-bond donors (Lipinski definition) is 1. The Labute approximate surface area is 123 Å². The molecule has 0 amide bonds. The number of pyridine rings is 1.